The lowest BCUT2D eigenvalue weighted by atomic mass is 10.0. The number of hydrogen-bond donors (Lipinski definition) is 3. The van der Waals surface area contributed by atoms with Crippen LogP contribution in [0.3, 0.4) is 0 Å². The molecule has 4 N–H and O–H groups in total. The molecule has 7 heteroatoms. The van der Waals surface area contributed by atoms with E-state index < -0.39 is 47.5 Å². The van der Waals surface area contributed by atoms with Crippen LogP contribution in [-0.2, 0) is 9.53 Å². The number of carbonyl (C=O) groups is 1. The highest BCUT2D eigenvalue weighted by Gasteiger charge is 2.26. The SMILES string of the molecule is CCOC(=O)CC(O)C(O)c1ccc(N)c(F)c1F. The maximum absolute atomic E-state index is 13.5. The Balaban J connectivity index is 2.85. The summed E-state index contributed by atoms with van der Waals surface area (Å²) in [5.74, 6) is -3.40. The van der Waals surface area contributed by atoms with Gasteiger partial charge in [-0.2, -0.15) is 0 Å². The van der Waals surface area contributed by atoms with E-state index in [-0.39, 0.29) is 6.61 Å². The van der Waals surface area contributed by atoms with E-state index in [1.807, 2.05) is 0 Å². The minimum Gasteiger partial charge on any atom is -0.466 e. The zero-order valence-corrected chi connectivity index (χ0v) is 10.3. The summed E-state index contributed by atoms with van der Waals surface area (Å²) in [6.07, 6.45) is -3.88. The molecule has 0 aliphatic heterocycles. The first-order chi connectivity index (χ1) is 8.88. The average molecular weight is 275 g/mol. The Hall–Kier alpha value is -1.73. The second-order valence-electron chi connectivity index (χ2n) is 3.89. The lowest BCUT2D eigenvalue weighted by molar-refractivity contribution is -0.147. The van der Waals surface area contributed by atoms with Gasteiger partial charge < -0.3 is 20.7 Å². The highest BCUT2D eigenvalue weighted by atomic mass is 19.2. The standard InChI is InChI=1S/C12H15F2NO4/c1-2-19-9(17)5-8(16)12(18)6-3-4-7(15)11(14)10(6)13/h3-4,8,12,16,18H,2,5,15H2,1H3. The molecule has 1 aromatic rings. The first-order valence-corrected chi connectivity index (χ1v) is 5.63. The van der Waals surface area contributed by atoms with Gasteiger partial charge in [0.25, 0.3) is 0 Å². The van der Waals surface area contributed by atoms with Gasteiger partial charge in [0.1, 0.15) is 6.10 Å². The van der Waals surface area contributed by atoms with E-state index in [4.69, 9.17) is 5.73 Å². The molecule has 0 aliphatic carbocycles. The Morgan fingerprint density at radius 3 is 2.58 bits per heavy atom. The smallest absolute Gasteiger partial charge is 0.308 e. The fraction of sp³-hybridized carbons (Fsp3) is 0.417. The third kappa shape index (κ3) is 3.62. The van der Waals surface area contributed by atoms with Crippen LogP contribution in [0.2, 0.25) is 0 Å². The molecule has 0 spiro atoms. The molecule has 1 aromatic carbocycles. The molecule has 0 bridgehead atoms. The van der Waals surface area contributed by atoms with Crippen LogP contribution in [0.4, 0.5) is 14.5 Å². The Morgan fingerprint density at radius 2 is 2.00 bits per heavy atom. The Labute approximate surface area is 108 Å². The topological polar surface area (TPSA) is 92.8 Å². The van der Waals surface area contributed by atoms with Crippen molar-refractivity contribution in [1.82, 2.24) is 0 Å². The van der Waals surface area contributed by atoms with Crippen LogP contribution in [-0.4, -0.2) is 28.9 Å². The number of nitrogen functional groups attached to an aromatic ring is 1. The summed E-state index contributed by atoms with van der Waals surface area (Å²) in [5, 5.41) is 19.3. The van der Waals surface area contributed by atoms with Crippen LogP contribution < -0.4 is 5.73 Å². The molecule has 1 rings (SSSR count). The lowest BCUT2D eigenvalue weighted by Gasteiger charge is -2.18. The van der Waals surface area contributed by atoms with E-state index in [1.54, 1.807) is 6.92 Å². The van der Waals surface area contributed by atoms with Crippen LogP contribution in [0.25, 0.3) is 0 Å². The minimum absolute atomic E-state index is 0.118. The maximum atomic E-state index is 13.5. The molecule has 106 valence electrons. The van der Waals surface area contributed by atoms with Gasteiger partial charge in [-0.1, -0.05) is 6.07 Å². The van der Waals surface area contributed by atoms with Crippen molar-refractivity contribution in [3.63, 3.8) is 0 Å². The van der Waals surface area contributed by atoms with Crippen molar-refractivity contribution in [3.05, 3.63) is 29.3 Å². The number of carbonyl (C=O) groups excluding carboxylic acids is 1. The van der Waals surface area contributed by atoms with Crippen molar-refractivity contribution in [2.45, 2.75) is 25.6 Å². The van der Waals surface area contributed by atoms with Crippen LogP contribution in [0.15, 0.2) is 12.1 Å². The number of ether oxygens (including phenoxy) is 1. The summed E-state index contributed by atoms with van der Waals surface area (Å²) in [7, 11) is 0. The highest BCUT2D eigenvalue weighted by molar-refractivity contribution is 5.70. The van der Waals surface area contributed by atoms with E-state index >= 15 is 0 Å². The molecule has 0 fully saturated rings. The second-order valence-corrected chi connectivity index (χ2v) is 3.89. The normalized spacial score (nSPS) is 13.9. The van der Waals surface area contributed by atoms with Crippen molar-refractivity contribution in [2.75, 3.05) is 12.3 Å². The molecule has 0 aromatic heterocycles. The van der Waals surface area contributed by atoms with Crippen LogP contribution in [0.1, 0.15) is 25.0 Å². The van der Waals surface area contributed by atoms with Crippen LogP contribution in [0.5, 0.6) is 0 Å². The molecule has 0 amide bonds. The molecule has 19 heavy (non-hydrogen) atoms. The molecule has 5 nitrogen and oxygen atoms in total. The molecule has 0 saturated carbocycles. The number of benzene rings is 1. The number of anilines is 1. The largest absolute Gasteiger partial charge is 0.466 e. The molecule has 2 unspecified atom stereocenters. The average Bonchev–Trinajstić information content (AvgIpc) is 2.35. The quantitative estimate of drug-likeness (QED) is 0.548. The summed E-state index contributed by atoms with van der Waals surface area (Å²) in [6, 6.07) is 2.11. The number of esters is 1. The Morgan fingerprint density at radius 1 is 1.37 bits per heavy atom. The van der Waals surface area contributed by atoms with Crippen molar-refractivity contribution in [3.8, 4) is 0 Å². The zero-order valence-electron chi connectivity index (χ0n) is 10.3. The molecule has 0 saturated heterocycles. The number of aliphatic hydroxyl groups excluding tert-OH is 2. The summed E-state index contributed by atoms with van der Waals surface area (Å²) in [6.45, 7) is 1.70. The summed E-state index contributed by atoms with van der Waals surface area (Å²) < 4.78 is 31.3. The Kier molecular flexibility index (Phi) is 5.20. The predicted molar refractivity (Wildman–Crippen MR) is 63.0 cm³/mol. The number of rotatable bonds is 5. The number of hydrogen-bond acceptors (Lipinski definition) is 5. The van der Waals surface area contributed by atoms with Gasteiger partial charge in [0.05, 0.1) is 24.8 Å². The van der Waals surface area contributed by atoms with Crippen molar-refractivity contribution >= 4 is 11.7 Å². The van der Waals surface area contributed by atoms with Gasteiger partial charge in [-0.25, -0.2) is 8.78 Å². The van der Waals surface area contributed by atoms with Crippen molar-refractivity contribution < 1.29 is 28.5 Å². The minimum atomic E-state index is -1.75. The zero-order chi connectivity index (χ0) is 14.6. The fourth-order valence-corrected chi connectivity index (χ4v) is 1.52. The van der Waals surface area contributed by atoms with E-state index in [9.17, 15) is 23.8 Å². The van der Waals surface area contributed by atoms with Gasteiger partial charge in [-0.15, -0.1) is 0 Å². The van der Waals surface area contributed by atoms with E-state index in [1.165, 1.54) is 0 Å². The van der Waals surface area contributed by atoms with Gasteiger partial charge in [-0.05, 0) is 13.0 Å². The Bertz CT molecular complexity index is 467. The van der Waals surface area contributed by atoms with Gasteiger partial charge in [0.15, 0.2) is 11.6 Å². The maximum Gasteiger partial charge on any atom is 0.308 e. The number of nitrogens with two attached hydrogens (primary N) is 1. The monoisotopic (exact) mass is 275 g/mol. The second kappa shape index (κ2) is 6.44. The molecular formula is C12H15F2NO4. The molecule has 2 atom stereocenters. The van der Waals surface area contributed by atoms with Crippen LogP contribution >= 0.6 is 0 Å². The molecular weight excluding hydrogens is 260 g/mol. The highest BCUT2D eigenvalue weighted by Crippen LogP contribution is 2.26. The molecule has 0 radical (unpaired) electrons. The molecule has 0 heterocycles. The van der Waals surface area contributed by atoms with Crippen molar-refractivity contribution in [2.24, 2.45) is 0 Å². The predicted octanol–water partition coefficient (Wildman–Crippen LogP) is 0.895. The van der Waals surface area contributed by atoms with Crippen LogP contribution in [0, 0.1) is 11.6 Å². The van der Waals surface area contributed by atoms with E-state index in [0.29, 0.717) is 0 Å². The third-order valence-corrected chi connectivity index (χ3v) is 2.51. The summed E-state index contributed by atoms with van der Waals surface area (Å²) in [4.78, 5) is 11.1. The van der Waals surface area contributed by atoms with E-state index in [0.717, 1.165) is 12.1 Å². The first-order valence-electron chi connectivity index (χ1n) is 5.63. The van der Waals surface area contributed by atoms with Crippen molar-refractivity contribution in [1.29, 1.82) is 0 Å². The third-order valence-electron chi connectivity index (χ3n) is 2.51. The van der Waals surface area contributed by atoms with Gasteiger partial charge in [0, 0.05) is 5.56 Å². The lowest BCUT2D eigenvalue weighted by Crippen LogP contribution is -2.24. The van der Waals surface area contributed by atoms with Gasteiger partial charge >= 0.3 is 5.97 Å². The van der Waals surface area contributed by atoms with Gasteiger partial charge in [0.2, 0.25) is 0 Å². The van der Waals surface area contributed by atoms with Gasteiger partial charge in [-0.3, -0.25) is 4.79 Å². The fourth-order valence-electron chi connectivity index (χ4n) is 1.52. The molecule has 0 aliphatic rings. The number of aliphatic hydroxyl groups is 2. The summed E-state index contributed by atoms with van der Waals surface area (Å²) in [5.41, 5.74) is 4.27. The summed E-state index contributed by atoms with van der Waals surface area (Å²) >= 11 is 0. The first kappa shape index (κ1) is 15.3. The number of halogens is 2. The van der Waals surface area contributed by atoms with E-state index in [2.05, 4.69) is 4.74 Å².